The molecule has 4 rings (SSSR count). The number of thiazole rings is 1. The molecule has 0 aliphatic carbocycles. The summed E-state index contributed by atoms with van der Waals surface area (Å²) >= 11 is 7.59. The van der Waals surface area contributed by atoms with E-state index in [1.165, 1.54) is 7.11 Å². The van der Waals surface area contributed by atoms with E-state index in [1.54, 1.807) is 41.8 Å². The first kappa shape index (κ1) is 17.5. The Bertz CT molecular complexity index is 1090. The SMILES string of the molecule is COc1ccc(Cl)cc1C(=O)Nc1ccc(-c2nc3ccccc3s2)cn1. The maximum Gasteiger partial charge on any atom is 0.260 e. The van der Waals surface area contributed by atoms with E-state index >= 15 is 0 Å². The van der Waals surface area contributed by atoms with Gasteiger partial charge in [-0.3, -0.25) is 4.79 Å². The van der Waals surface area contributed by atoms with Gasteiger partial charge in [-0.05, 0) is 42.5 Å². The zero-order valence-corrected chi connectivity index (χ0v) is 15.8. The van der Waals surface area contributed by atoms with E-state index in [2.05, 4.69) is 15.3 Å². The molecule has 134 valence electrons. The van der Waals surface area contributed by atoms with E-state index < -0.39 is 0 Å². The molecular formula is C20H14ClN3O2S. The van der Waals surface area contributed by atoms with Crippen LogP contribution in [0.2, 0.25) is 5.02 Å². The molecule has 0 spiro atoms. The number of para-hydroxylation sites is 1. The molecule has 0 aliphatic heterocycles. The van der Waals surface area contributed by atoms with Gasteiger partial charge in [0.15, 0.2) is 0 Å². The zero-order chi connectivity index (χ0) is 18.8. The van der Waals surface area contributed by atoms with Crippen LogP contribution < -0.4 is 10.1 Å². The Balaban J connectivity index is 1.56. The second-order valence-electron chi connectivity index (χ2n) is 5.72. The van der Waals surface area contributed by atoms with Crippen molar-refractivity contribution in [3.05, 3.63) is 71.4 Å². The van der Waals surface area contributed by atoms with Crippen molar-refractivity contribution in [3.8, 4) is 16.3 Å². The molecule has 0 saturated heterocycles. The molecule has 0 radical (unpaired) electrons. The zero-order valence-electron chi connectivity index (χ0n) is 14.3. The average Bonchev–Trinajstić information content (AvgIpc) is 3.12. The molecule has 27 heavy (non-hydrogen) atoms. The summed E-state index contributed by atoms with van der Waals surface area (Å²) in [4.78, 5) is 21.5. The number of rotatable bonds is 4. The molecule has 1 amide bonds. The Labute approximate surface area is 164 Å². The van der Waals surface area contributed by atoms with Crippen molar-refractivity contribution in [1.82, 2.24) is 9.97 Å². The van der Waals surface area contributed by atoms with Crippen LogP contribution in [0.25, 0.3) is 20.8 Å². The highest BCUT2D eigenvalue weighted by atomic mass is 35.5. The highest BCUT2D eigenvalue weighted by Gasteiger charge is 2.14. The van der Waals surface area contributed by atoms with Gasteiger partial charge < -0.3 is 10.1 Å². The van der Waals surface area contributed by atoms with E-state index in [-0.39, 0.29) is 5.91 Å². The Morgan fingerprint density at radius 2 is 2.00 bits per heavy atom. The van der Waals surface area contributed by atoms with Gasteiger partial charge in [0.1, 0.15) is 16.6 Å². The number of hydrogen-bond donors (Lipinski definition) is 1. The summed E-state index contributed by atoms with van der Waals surface area (Å²) in [5.41, 5.74) is 2.21. The molecule has 2 heterocycles. The lowest BCUT2D eigenvalue weighted by Gasteiger charge is -2.09. The summed E-state index contributed by atoms with van der Waals surface area (Å²) in [7, 11) is 1.51. The number of carbonyl (C=O) groups is 1. The minimum absolute atomic E-state index is 0.338. The van der Waals surface area contributed by atoms with E-state index in [0.29, 0.717) is 22.2 Å². The van der Waals surface area contributed by atoms with Crippen molar-refractivity contribution in [3.63, 3.8) is 0 Å². The van der Waals surface area contributed by atoms with Crippen LogP contribution in [0.1, 0.15) is 10.4 Å². The number of anilines is 1. The summed E-state index contributed by atoms with van der Waals surface area (Å²) in [5.74, 6) is 0.546. The molecule has 0 atom stereocenters. The maximum absolute atomic E-state index is 12.5. The van der Waals surface area contributed by atoms with E-state index in [9.17, 15) is 4.79 Å². The van der Waals surface area contributed by atoms with Crippen molar-refractivity contribution < 1.29 is 9.53 Å². The van der Waals surface area contributed by atoms with Gasteiger partial charge in [-0.1, -0.05) is 23.7 Å². The third kappa shape index (κ3) is 3.63. The number of hydrogen-bond acceptors (Lipinski definition) is 5. The Morgan fingerprint density at radius 3 is 2.74 bits per heavy atom. The normalized spacial score (nSPS) is 10.7. The average molecular weight is 396 g/mol. The summed E-state index contributed by atoms with van der Waals surface area (Å²) in [6.45, 7) is 0. The number of amides is 1. The third-order valence-electron chi connectivity index (χ3n) is 3.95. The fourth-order valence-corrected chi connectivity index (χ4v) is 3.76. The fraction of sp³-hybridized carbons (Fsp3) is 0.0500. The third-order valence-corrected chi connectivity index (χ3v) is 5.27. The van der Waals surface area contributed by atoms with Crippen LogP contribution in [-0.2, 0) is 0 Å². The predicted molar refractivity (Wildman–Crippen MR) is 109 cm³/mol. The summed E-state index contributed by atoms with van der Waals surface area (Å²) in [5, 5.41) is 4.11. The highest BCUT2D eigenvalue weighted by Crippen LogP contribution is 2.30. The van der Waals surface area contributed by atoms with Crippen molar-refractivity contribution in [1.29, 1.82) is 0 Å². The topological polar surface area (TPSA) is 64.1 Å². The lowest BCUT2D eigenvalue weighted by molar-refractivity contribution is 0.102. The molecule has 7 heteroatoms. The number of methoxy groups -OCH3 is 1. The lowest BCUT2D eigenvalue weighted by atomic mass is 10.2. The number of carbonyl (C=O) groups excluding carboxylic acids is 1. The molecule has 0 saturated carbocycles. The first-order valence-corrected chi connectivity index (χ1v) is 9.30. The summed E-state index contributed by atoms with van der Waals surface area (Å²) < 4.78 is 6.34. The number of fused-ring (bicyclic) bond motifs is 1. The maximum atomic E-state index is 12.5. The summed E-state index contributed by atoms with van der Waals surface area (Å²) in [6.07, 6.45) is 1.70. The molecule has 0 bridgehead atoms. The molecule has 2 aromatic heterocycles. The van der Waals surface area contributed by atoms with Crippen molar-refractivity contribution in [2.75, 3.05) is 12.4 Å². The number of aromatic nitrogens is 2. The highest BCUT2D eigenvalue weighted by molar-refractivity contribution is 7.21. The van der Waals surface area contributed by atoms with Gasteiger partial charge in [0.05, 0.1) is 22.9 Å². The van der Waals surface area contributed by atoms with Crippen LogP contribution >= 0.6 is 22.9 Å². The Morgan fingerprint density at radius 1 is 1.15 bits per heavy atom. The largest absolute Gasteiger partial charge is 0.496 e. The quantitative estimate of drug-likeness (QED) is 0.511. The molecule has 0 unspecified atom stereocenters. The predicted octanol–water partition coefficient (Wildman–Crippen LogP) is 5.27. The van der Waals surface area contributed by atoms with E-state index in [0.717, 1.165) is 20.8 Å². The second kappa shape index (κ2) is 7.34. The van der Waals surface area contributed by atoms with Crippen molar-refractivity contribution in [2.45, 2.75) is 0 Å². The number of halogens is 1. The summed E-state index contributed by atoms with van der Waals surface area (Å²) in [6, 6.07) is 16.5. The molecule has 2 aromatic carbocycles. The minimum Gasteiger partial charge on any atom is -0.496 e. The fourth-order valence-electron chi connectivity index (χ4n) is 2.63. The van der Waals surface area contributed by atoms with Gasteiger partial charge in [-0.25, -0.2) is 9.97 Å². The lowest BCUT2D eigenvalue weighted by Crippen LogP contribution is -2.14. The van der Waals surface area contributed by atoms with Crippen LogP contribution in [0.4, 0.5) is 5.82 Å². The molecule has 5 nitrogen and oxygen atoms in total. The Hall–Kier alpha value is -2.96. The van der Waals surface area contributed by atoms with Crippen molar-refractivity contribution in [2.24, 2.45) is 0 Å². The molecular weight excluding hydrogens is 382 g/mol. The molecule has 0 fully saturated rings. The van der Waals surface area contributed by atoms with E-state index in [4.69, 9.17) is 16.3 Å². The van der Waals surface area contributed by atoms with E-state index in [1.807, 2.05) is 30.3 Å². The molecule has 4 aromatic rings. The van der Waals surface area contributed by atoms with Crippen LogP contribution in [0, 0.1) is 0 Å². The standard InChI is InChI=1S/C20H14ClN3O2S/c1-26-16-8-7-13(21)10-14(16)19(25)24-18-9-6-12(11-22-18)20-23-15-4-2-3-5-17(15)27-20/h2-11H,1H3,(H,22,24,25). The minimum atomic E-state index is -0.338. The number of nitrogens with one attached hydrogen (secondary N) is 1. The number of nitrogens with zero attached hydrogens (tertiary/aromatic N) is 2. The van der Waals surface area contributed by atoms with Gasteiger partial charge in [0.25, 0.3) is 5.91 Å². The number of ether oxygens (including phenoxy) is 1. The van der Waals surface area contributed by atoms with Crippen LogP contribution in [0.5, 0.6) is 5.75 Å². The van der Waals surface area contributed by atoms with Gasteiger partial charge in [-0.2, -0.15) is 0 Å². The first-order chi connectivity index (χ1) is 13.1. The van der Waals surface area contributed by atoms with Gasteiger partial charge in [0, 0.05) is 16.8 Å². The van der Waals surface area contributed by atoms with Crippen molar-refractivity contribution >= 4 is 44.9 Å². The van der Waals surface area contributed by atoms with Crippen LogP contribution in [0.15, 0.2) is 60.8 Å². The van der Waals surface area contributed by atoms with Gasteiger partial charge in [-0.15, -0.1) is 11.3 Å². The molecule has 0 aliphatic rings. The monoisotopic (exact) mass is 395 g/mol. The first-order valence-electron chi connectivity index (χ1n) is 8.11. The second-order valence-corrected chi connectivity index (χ2v) is 7.18. The van der Waals surface area contributed by atoms with Gasteiger partial charge in [0.2, 0.25) is 0 Å². The van der Waals surface area contributed by atoms with Crippen LogP contribution in [0.3, 0.4) is 0 Å². The number of pyridine rings is 1. The number of benzene rings is 2. The Kier molecular flexibility index (Phi) is 4.75. The smallest absolute Gasteiger partial charge is 0.260 e. The molecule has 1 N–H and O–H groups in total. The van der Waals surface area contributed by atoms with Crippen LogP contribution in [-0.4, -0.2) is 23.0 Å². The van der Waals surface area contributed by atoms with Gasteiger partial charge >= 0.3 is 0 Å².